The van der Waals surface area contributed by atoms with Crippen molar-refractivity contribution in [1.82, 2.24) is 4.98 Å². The minimum atomic E-state index is 0.0279. The Labute approximate surface area is 151 Å². The second-order valence-corrected chi connectivity index (χ2v) is 6.67. The molecule has 0 saturated carbocycles. The van der Waals surface area contributed by atoms with Crippen LogP contribution in [0.2, 0.25) is 5.02 Å². The molecule has 0 atom stereocenters. The van der Waals surface area contributed by atoms with Crippen LogP contribution in [0.1, 0.15) is 12.8 Å². The van der Waals surface area contributed by atoms with Crippen molar-refractivity contribution < 1.29 is 9.84 Å². The van der Waals surface area contributed by atoms with Crippen molar-refractivity contribution in [2.45, 2.75) is 18.9 Å². The predicted molar refractivity (Wildman–Crippen MR) is 99.2 cm³/mol. The molecule has 0 amide bonds. The lowest BCUT2D eigenvalue weighted by Gasteiger charge is -2.34. The number of hydrogen-bond donors (Lipinski definition) is 0. The molecule has 1 saturated heterocycles. The van der Waals surface area contributed by atoms with Crippen LogP contribution in [-0.4, -0.2) is 24.2 Å². The quantitative estimate of drug-likeness (QED) is 0.659. The van der Waals surface area contributed by atoms with Crippen molar-refractivity contribution in [3.8, 4) is 11.5 Å². The molecular formula is C20H18ClN2O2. The number of hydrogen-bond acceptors (Lipinski definition) is 3. The van der Waals surface area contributed by atoms with E-state index in [9.17, 15) is 5.11 Å². The largest absolute Gasteiger partial charge is 0.490 e. The highest BCUT2D eigenvalue weighted by atomic mass is 35.5. The third-order valence-corrected chi connectivity index (χ3v) is 4.86. The van der Waals surface area contributed by atoms with Gasteiger partial charge < -0.3 is 9.64 Å². The van der Waals surface area contributed by atoms with Gasteiger partial charge in [-0.05, 0) is 36.4 Å². The van der Waals surface area contributed by atoms with Crippen LogP contribution in [0.5, 0.6) is 11.5 Å². The Morgan fingerprint density at radius 3 is 2.56 bits per heavy atom. The second-order valence-electron chi connectivity index (χ2n) is 6.24. The first-order chi connectivity index (χ1) is 12.2. The van der Waals surface area contributed by atoms with Gasteiger partial charge in [-0.25, -0.2) is 0 Å². The highest BCUT2D eigenvalue weighted by Gasteiger charge is 2.23. The maximum atomic E-state index is 12.3. The van der Waals surface area contributed by atoms with E-state index in [2.05, 4.69) is 9.88 Å². The summed E-state index contributed by atoms with van der Waals surface area (Å²) in [5, 5.41) is 13.7. The van der Waals surface area contributed by atoms with Crippen molar-refractivity contribution in [1.29, 1.82) is 0 Å². The fourth-order valence-corrected chi connectivity index (χ4v) is 3.47. The number of pyridine rings is 1. The summed E-state index contributed by atoms with van der Waals surface area (Å²) in [6.45, 7) is 1.71. The monoisotopic (exact) mass is 353 g/mol. The molecule has 127 valence electrons. The molecule has 1 fully saturated rings. The molecule has 25 heavy (non-hydrogen) atoms. The lowest BCUT2D eigenvalue weighted by molar-refractivity contribution is 0.171. The first kappa shape index (κ1) is 16.0. The van der Waals surface area contributed by atoms with Crippen LogP contribution in [-0.2, 0) is 5.11 Å². The van der Waals surface area contributed by atoms with Crippen LogP contribution in [0.15, 0.2) is 54.7 Å². The highest BCUT2D eigenvalue weighted by Crippen LogP contribution is 2.34. The Morgan fingerprint density at radius 1 is 1.04 bits per heavy atom. The van der Waals surface area contributed by atoms with E-state index in [1.54, 1.807) is 6.20 Å². The molecule has 0 bridgehead atoms. The Balaban J connectivity index is 1.48. The first-order valence-electron chi connectivity index (χ1n) is 8.42. The summed E-state index contributed by atoms with van der Waals surface area (Å²) in [5.74, 6) is 0.874. The van der Waals surface area contributed by atoms with Crippen LogP contribution in [0.4, 0.5) is 5.69 Å². The van der Waals surface area contributed by atoms with Crippen LogP contribution in [0, 0.1) is 0 Å². The van der Waals surface area contributed by atoms with Crippen molar-refractivity contribution in [2.75, 3.05) is 18.0 Å². The minimum Gasteiger partial charge on any atom is -0.490 e. The van der Waals surface area contributed by atoms with Crippen LogP contribution < -0.4 is 9.64 Å². The van der Waals surface area contributed by atoms with Gasteiger partial charge in [0, 0.05) is 43.2 Å². The van der Waals surface area contributed by atoms with Gasteiger partial charge in [-0.15, -0.1) is 0 Å². The molecule has 4 rings (SSSR count). The molecular weight excluding hydrogens is 336 g/mol. The molecule has 1 aromatic heterocycles. The van der Waals surface area contributed by atoms with Gasteiger partial charge in [0.25, 0.3) is 0 Å². The second kappa shape index (κ2) is 6.81. The predicted octanol–water partition coefficient (Wildman–Crippen LogP) is 5.08. The van der Waals surface area contributed by atoms with Crippen molar-refractivity contribution in [2.24, 2.45) is 0 Å². The zero-order chi connectivity index (χ0) is 17.2. The van der Waals surface area contributed by atoms with E-state index < -0.39 is 0 Å². The molecule has 0 unspecified atom stereocenters. The molecule has 0 spiro atoms. The SMILES string of the molecule is [O]c1ccnc2cccc(N3CCC(Oc4ccc(Cl)cc4)CC3)c12. The Hall–Kier alpha value is -2.46. The lowest BCUT2D eigenvalue weighted by Crippen LogP contribution is -2.38. The molecule has 4 nitrogen and oxygen atoms in total. The zero-order valence-electron chi connectivity index (χ0n) is 13.7. The van der Waals surface area contributed by atoms with Gasteiger partial charge >= 0.3 is 0 Å². The van der Waals surface area contributed by atoms with Crippen LogP contribution >= 0.6 is 11.6 Å². The van der Waals surface area contributed by atoms with Crippen LogP contribution in [0.3, 0.4) is 0 Å². The molecule has 1 aliphatic heterocycles. The topological polar surface area (TPSA) is 45.3 Å². The first-order valence-corrected chi connectivity index (χ1v) is 8.80. The number of anilines is 1. The molecule has 5 heteroatoms. The van der Waals surface area contributed by atoms with Crippen LogP contribution in [0.25, 0.3) is 10.9 Å². The molecule has 0 aliphatic carbocycles. The number of rotatable bonds is 3. The fraction of sp³-hybridized carbons (Fsp3) is 0.250. The maximum absolute atomic E-state index is 12.3. The average Bonchev–Trinajstić information content (AvgIpc) is 2.64. The van der Waals surface area contributed by atoms with Gasteiger partial charge in [-0.1, -0.05) is 17.7 Å². The summed E-state index contributed by atoms with van der Waals surface area (Å²) < 4.78 is 6.05. The van der Waals surface area contributed by atoms with Gasteiger partial charge in [-0.2, -0.15) is 0 Å². The number of benzene rings is 2. The lowest BCUT2D eigenvalue weighted by atomic mass is 10.0. The van der Waals surface area contributed by atoms with Gasteiger partial charge in [-0.3, -0.25) is 10.1 Å². The van der Waals surface area contributed by atoms with Gasteiger partial charge in [0.2, 0.25) is 0 Å². The van der Waals surface area contributed by atoms with E-state index in [4.69, 9.17) is 16.3 Å². The molecule has 2 heterocycles. The van der Waals surface area contributed by atoms with E-state index in [1.807, 2.05) is 42.5 Å². The molecule has 3 aromatic rings. The third kappa shape index (κ3) is 3.35. The fourth-order valence-electron chi connectivity index (χ4n) is 3.34. The van der Waals surface area contributed by atoms with E-state index in [-0.39, 0.29) is 11.9 Å². The minimum absolute atomic E-state index is 0.0279. The maximum Gasteiger partial charge on any atom is 0.191 e. The average molecular weight is 354 g/mol. The summed E-state index contributed by atoms with van der Waals surface area (Å²) >= 11 is 5.91. The zero-order valence-corrected chi connectivity index (χ0v) is 14.4. The summed E-state index contributed by atoms with van der Waals surface area (Å²) in [4.78, 5) is 6.57. The normalized spacial score (nSPS) is 15.5. The van der Waals surface area contributed by atoms with E-state index in [1.165, 1.54) is 6.07 Å². The molecule has 0 N–H and O–H groups in total. The number of aromatic nitrogens is 1. The summed E-state index contributed by atoms with van der Waals surface area (Å²) in [7, 11) is 0. The number of nitrogens with zero attached hydrogens (tertiary/aromatic N) is 2. The highest BCUT2D eigenvalue weighted by molar-refractivity contribution is 6.30. The number of halogens is 1. The Morgan fingerprint density at radius 2 is 1.80 bits per heavy atom. The van der Waals surface area contributed by atoms with E-state index in [0.29, 0.717) is 10.4 Å². The third-order valence-electron chi connectivity index (χ3n) is 4.61. The van der Waals surface area contributed by atoms with Gasteiger partial charge in [0.05, 0.1) is 16.6 Å². The summed E-state index contributed by atoms with van der Waals surface area (Å²) in [6, 6.07) is 14.9. The Bertz CT molecular complexity index is 869. The van der Waals surface area contributed by atoms with Crippen molar-refractivity contribution >= 4 is 28.2 Å². The summed E-state index contributed by atoms with van der Waals surface area (Å²) in [6.07, 6.45) is 3.57. The number of piperidine rings is 1. The van der Waals surface area contributed by atoms with Gasteiger partial charge in [0.1, 0.15) is 11.9 Å². The Kier molecular flexibility index (Phi) is 4.36. The number of fused-ring (bicyclic) bond motifs is 1. The van der Waals surface area contributed by atoms with Crippen molar-refractivity contribution in [3.63, 3.8) is 0 Å². The van der Waals surface area contributed by atoms with Crippen molar-refractivity contribution in [3.05, 3.63) is 59.8 Å². The van der Waals surface area contributed by atoms with E-state index in [0.717, 1.165) is 42.9 Å². The smallest absolute Gasteiger partial charge is 0.191 e. The number of ether oxygens (including phenoxy) is 1. The molecule has 1 aliphatic rings. The molecule has 1 radical (unpaired) electrons. The standard InChI is InChI=1S/C20H18ClN2O2/c21-14-4-6-15(7-5-14)25-16-9-12-23(13-10-16)18-3-1-2-17-20(18)19(24)8-11-22-17/h1-8,11,16H,9-10,12-13H2. The summed E-state index contributed by atoms with van der Waals surface area (Å²) in [5.41, 5.74) is 1.73. The van der Waals surface area contributed by atoms with E-state index >= 15 is 0 Å². The van der Waals surface area contributed by atoms with Gasteiger partial charge in [0.15, 0.2) is 5.75 Å². The molecule has 2 aromatic carbocycles.